The van der Waals surface area contributed by atoms with E-state index in [4.69, 9.17) is 11.5 Å². The SMILES string of the molecule is CC(N)=NC/C(F)=C\CCC(C)N. The van der Waals surface area contributed by atoms with Gasteiger partial charge in [-0.15, -0.1) is 0 Å². The van der Waals surface area contributed by atoms with Crippen molar-refractivity contribution in [2.45, 2.75) is 32.7 Å². The first kappa shape index (κ1) is 12.1. The maximum atomic E-state index is 12.9. The Kier molecular flexibility index (Phi) is 6.14. The van der Waals surface area contributed by atoms with Crippen LogP contribution in [0.25, 0.3) is 0 Å². The maximum absolute atomic E-state index is 12.9. The van der Waals surface area contributed by atoms with Gasteiger partial charge in [-0.1, -0.05) is 6.08 Å². The molecule has 0 aromatic carbocycles. The number of hydrogen-bond donors (Lipinski definition) is 2. The first-order valence-corrected chi connectivity index (χ1v) is 4.39. The van der Waals surface area contributed by atoms with Crippen LogP contribution in [0.4, 0.5) is 4.39 Å². The summed E-state index contributed by atoms with van der Waals surface area (Å²) in [5.74, 6) is 0.154. The molecular weight excluding hydrogens is 169 g/mol. The number of nitrogens with two attached hydrogens (primary N) is 2. The molecule has 0 aliphatic rings. The molecule has 4 heteroatoms. The van der Waals surface area contributed by atoms with Crippen LogP contribution in [-0.4, -0.2) is 18.4 Å². The van der Waals surface area contributed by atoms with E-state index in [0.29, 0.717) is 12.3 Å². The molecule has 0 radical (unpaired) electrons. The molecule has 0 saturated carbocycles. The standard InChI is InChI=1S/C9H18FN3/c1-7(11)4-3-5-9(10)6-13-8(2)12/h5,7H,3-4,6,11H2,1-2H3,(H2,12,13)/b9-5+. The molecule has 3 nitrogen and oxygen atoms in total. The molecule has 0 aromatic heterocycles. The highest BCUT2D eigenvalue weighted by Crippen LogP contribution is 2.02. The van der Waals surface area contributed by atoms with Crippen molar-refractivity contribution in [3.63, 3.8) is 0 Å². The molecule has 0 heterocycles. The number of aliphatic imine (C=N–C) groups is 1. The number of hydrogen-bond acceptors (Lipinski definition) is 2. The number of nitrogens with zero attached hydrogens (tertiary/aromatic N) is 1. The van der Waals surface area contributed by atoms with Gasteiger partial charge in [-0.25, -0.2) is 4.39 Å². The minimum absolute atomic E-state index is 0.0429. The van der Waals surface area contributed by atoms with Crippen molar-refractivity contribution in [2.24, 2.45) is 16.5 Å². The molecule has 0 amide bonds. The van der Waals surface area contributed by atoms with Crippen molar-refractivity contribution in [3.8, 4) is 0 Å². The van der Waals surface area contributed by atoms with E-state index < -0.39 is 0 Å². The van der Waals surface area contributed by atoms with Gasteiger partial charge in [-0.3, -0.25) is 4.99 Å². The Bertz CT molecular complexity index is 193. The summed E-state index contributed by atoms with van der Waals surface area (Å²) in [5.41, 5.74) is 10.8. The summed E-state index contributed by atoms with van der Waals surface area (Å²) in [5, 5.41) is 0. The van der Waals surface area contributed by atoms with Gasteiger partial charge in [0.1, 0.15) is 5.83 Å². The molecule has 0 aliphatic carbocycles. The van der Waals surface area contributed by atoms with Crippen molar-refractivity contribution in [1.82, 2.24) is 0 Å². The van der Waals surface area contributed by atoms with Gasteiger partial charge in [-0.05, 0) is 26.7 Å². The summed E-state index contributed by atoms with van der Waals surface area (Å²) in [4.78, 5) is 3.74. The Labute approximate surface area is 78.7 Å². The van der Waals surface area contributed by atoms with Crippen LogP contribution in [0.15, 0.2) is 16.9 Å². The Morgan fingerprint density at radius 1 is 1.62 bits per heavy atom. The minimum atomic E-state index is -0.245. The summed E-state index contributed by atoms with van der Waals surface area (Å²) < 4.78 is 12.9. The highest BCUT2D eigenvalue weighted by molar-refractivity contribution is 5.77. The van der Waals surface area contributed by atoms with E-state index >= 15 is 0 Å². The van der Waals surface area contributed by atoms with Crippen LogP contribution in [0.5, 0.6) is 0 Å². The zero-order valence-electron chi connectivity index (χ0n) is 8.26. The number of rotatable bonds is 5. The third-order valence-electron chi connectivity index (χ3n) is 1.47. The summed E-state index contributed by atoms with van der Waals surface area (Å²) in [7, 11) is 0. The first-order chi connectivity index (χ1) is 6.02. The van der Waals surface area contributed by atoms with Gasteiger partial charge in [0.25, 0.3) is 0 Å². The second-order valence-electron chi connectivity index (χ2n) is 3.16. The fourth-order valence-electron chi connectivity index (χ4n) is 0.768. The molecule has 0 fully saturated rings. The molecule has 0 aliphatic heterocycles. The number of allylic oxidation sites excluding steroid dienone is 1. The Morgan fingerprint density at radius 2 is 2.23 bits per heavy atom. The van der Waals surface area contributed by atoms with Gasteiger partial charge >= 0.3 is 0 Å². The molecule has 0 spiro atoms. The highest BCUT2D eigenvalue weighted by Gasteiger charge is 1.95. The molecule has 0 saturated heterocycles. The maximum Gasteiger partial charge on any atom is 0.117 e. The Morgan fingerprint density at radius 3 is 2.69 bits per heavy atom. The van der Waals surface area contributed by atoms with Crippen LogP contribution in [0, 0.1) is 0 Å². The van der Waals surface area contributed by atoms with Crippen LogP contribution in [0.3, 0.4) is 0 Å². The molecule has 76 valence electrons. The van der Waals surface area contributed by atoms with Gasteiger partial charge in [-0.2, -0.15) is 0 Å². The second kappa shape index (κ2) is 6.60. The van der Waals surface area contributed by atoms with E-state index in [-0.39, 0.29) is 18.4 Å². The molecular formula is C9H18FN3. The molecule has 0 bridgehead atoms. The molecule has 0 rings (SSSR count). The van der Waals surface area contributed by atoms with Crippen molar-refractivity contribution >= 4 is 5.84 Å². The third-order valence-corrected chi connectivity index (χ3v) is 1.47. The van der Waals surface area contributed by atoms with E-state index in [1.807, 2.05) is 6.92 Å². The van der Waals surface area contributed by atoms with E-state index in [1.165, 1.54) is 6.08 Å². The van der Waals surface area contributed by atoms with Gasteiger partial charge in [0.15, 0.2) is 0 Å². The average Bonchev–Trinajstić information content (AvgIpc) is 2.00. The second-order valence-corrected chi connectivity index (χ2v) is 3.16. The lowest BCUT2D eigenvalue weighted by Crippen LogP contribution is -2.13. The molecule has 13 heavy (non-hydrogen) atoms. The summed E-state index contributed by atoms with van der Waals surface area (Å²) in [6.45, 7) is 3.57. The topological polar surface area (TPSA) is 64.4 Å². The van der Waals surface area contributed by atoms with Crippen LogP contribution in [-0.2, 0) is 0 Å². The van der Waals surface area contributed by atoms with Crippen molar-refractivity contribution in [3.05, 3.63) is 11.9 Å². The minimum Gasteiger partial charge on any atom is -0.388 e. The molecule has 4 N–H and O–H groups in total. The van der Waals surface area contributed by atoms with Gasteiger partial charge < -0.3 is 11.5 Å². The summed E-state index contributed by atoms with van der Waals surface area (Å²) in [6.07, 6.45) is 2.96. The van der Waals surface area contributed by atoms with Gasteiger partial charge in [0.2, 0.25) is 0 Å². The Balaban J connectivity index is 3.70. The van der Waals surface area contributed by atoms with Crippen LogP contribution >= 0.6 is 0 Å². The third kappa shape index (κ3) is 9.01. The lowest BCUT2D eigenvalue weighted by molar-refractivity contribution is 0.601. The molecule has 1 atom stereocenters. The van der Waals surface area contributed by atoms with E-state index in [9.17, 15) is 4.39 Å². The smallest absolute Gasteiger partial charge is 0.117 e. The predicted molar refractivity (Wildman–Crippen MR) is 54.2 cm³/mol. The summed E-state index contributed by atoms with van der Waals surface area (Å²) in [6, 6.07) is 0.115. The van der Waals surface area contributed by atoms with Crippen molar-refractivity contribution in [2.75, 3.05) is 6.54 Å². The summed E-state index contributed by atoms with van der Waals surface area (Å²) >= 11 is 0. The van der Waals surface area contributed by atoms with Crippen LogP contribution in [0.1, 0.15) is 26.7 Å². The van der Waals surface area contributed by atoms with Gasteiger partial charge in [0, 0.05) is 6.04 Å². The van der Waals surface area contributed by atoms with Crippen LogP contribution < -0.4 is 11.5 Å². The zero-order chi connectivity index (χ0) is 10.3. The van der Waals surface area contributed by atoms with Crippen molar-refractivity contribution in [1.29, 1.82) is 0 Å². The Hall–Kier alpha value is -0.900. The first-order valence-electron chi connectivity index (χ1n) is 4.39. The number of halogens is 1. The zero-order valence-corrected chi connectivity index (χ0v) is 8.26. The van der Waals surface area contributed by atoms with E-state index in [2.05, 4.69) is 4.99 Å². The van der Waals surface area contributed by atoms with Crippen LogP contribution in [0.2, 0.25) is 0 Å². The molecule has 0 aromatic rings. The monoisotopic (exact) mass is 187 g/mol. The predicted octanol–water partition coefficient (Wildman–Crippen LogP) is 1.34. The quantitative estimate of drug-likeness (QED) is 0.504. The van der Waals surface area contributed by atoms with E-state index in [0.717, 1.165) is 6.42 Å². The average molecular weight is 187 g/mol. The fourth-order valence-corrected chi connectivity index (χ4v) is 0.768. The fraction of sp³-hybridized carbons (Fsp3) is 0.667. The molecule has 1 unspecified atom stereocenters. The highest BCUT2D eigenvalue weighted by atomic mass is 19.1. The normalized spacial score (nSPS) is 16.0. The number of amidine groups is 1. The lowest BCUT2D eigenvalue weighted by Gasteiger charge is -2.00. The lowest BCUT2D eigenvalue weighted by atomic mass is 10.2. The largest absolute Gasteiger partial charge is 0.388 e. The van der Waals surface area contributed by atoms with E-state index in [1.54, 1.807) is 6.92 Å². The van der Waals surface area contributed by atoms with Crippen molar-refractivity contribution < 1.29 is 4.39 Å². The van der Waals surface area contributed by atoms with Gasteiger partial charge in [0.05, 0.1) is 12.4 Å².